The van der Waals surface area contributed by atoms with E-state index in [1.54, 1.807) is 18.9 Å². The molecular formula is C22H25NO3S. The Morgan fingerprint density at radius 2 is 2.15 bits per heavy atom. The fourth-order valence-corrected chi connectivity index (χ4v) is 4.04. The molecule has 0 radical (unpaired) electrons. The lowest BCUT2D eigenvalue weighted by atomic mass is 9.89. The van der Waals surface area contributed by atoms with Crippen LogP contribution in [0.4, 0.5) is 0 Å². The van der Waals surface area contributed by atoms with Crippen LogP contribution in [0.5, 0.6) is 11.5 Å². The minimum absolute atomic E-state index is 0.0772. The molecule has 1 N–H and O–H groups in total. The van der Waals surface area contributed by atoms with Crippen molar-refractivity contribution in [3.05, 3.63) is 66.2 Å². The fraction of sp³-hybridized carbons (Fsp3) is 0.318. The van der Waals surface area contributed by atoms with Gasteiger partial charge in [0.2, 0.25) is 0 Å². The molecule has 0 aromatic heterocycles. The molecular weight excluding hydrogens is 358 g/mol. The predicted octanol–water partition coefficient (Wildman–Crippen LogP) is 5.01. The Kier molecular flexibility index (Phi) is 5.80. The molecule has 0 spiro atoms. The van der Waals surface area contributed by atoms with E-state index in [9.17, 15) is 4.79 Å². The van der Waals surface area contributed by atoms with Crippen molar-refractivity contribution in [1.29, 1.82) is 0 Å². The minimum Gasteiger partial charge on any atom is -0.497 e. The largest absolute Gasteiger partial charge is 0.497 e. The zero-order chi connectivity index (χ0) is 19.4. The molecule has 0 saturated carbocycles. The van der Waals surface area contributed by atoms with Crippen molar-refractivity contribution >= 4 is 17.7 Å². The van der Waals surface area contributed by atoms with Gasteiger partial charge in [0.1, 0.15) is 17.1 Å². The van der Waals surface area contributed by atoms with Gasteiger partial charge in [0.25, 0.3) is 5.91 Å². The SMILES string of the molecule is C=CCSc1ccccc1C(=O)N[C@H]1CC(C)(C)Oc2cc(OC)ccc21. The third kappa shape index (κ3) is 4.48. The van der Waals surface area contributed by atoms with Gasteiger partial charge in [-0.25, -0.2) is 0 Å². The van der Waals surface area contributed by atoms with Crippen LogP contribution >= 0.6 is 11.8 Å². The number of carbonyl (C=O) groups excluding carboxylic acids is 1. The Labute approximate surface area is 165 Å². The number of hydrogen-bond donors (Lipinski definition) is 1. The predicted molar refractivity (Wildman–Crippen MR) is 110 cm³/mol. The van der Waals surface area contributed by atoms with Gasteiger partial charge in [-0.3, -0.25) is 4.79 Å². The zero-order valence-corrected chi connectivity index (χ0v) is 16.8. The van der Waals surface area contributed by atoms with Gasteiger partial charge in [-0.05, 0) is 38.1 Å². The second-order valence-electron chi connectivity index (χ2n) is 7.09. The van der Waals surface area contributed by atoms with E-state index in [0.29, 0.717) is 12.0 Å². The number of ether oxygens (including phenoxy) is 2. The van der Waals surface area contributed by atoms with Crippen LogP contribution in [0.25, 0.3) is 0 Å². The van der Waals surface area contributed by atoms with Crippen LogP contribution in [0.1, 0.15) is 42.2 Å². The molecule has 0 fully saturated rings. The minimum atomic E-state index is -0.381. The first-order chi connectivity index (χ1) is 12.9. The van der Waals surface area contributed by atoms with E-state index >= 15 is 0 Å². The van der Waals surface area contributed by atoms with E-state index in [-0.39, 0.29) is 17.6 Å². The number of carbonyl (C=O) groups is 1. The average molecular weight is 384 g/mol. The molecule has 1 aliphatic rings. The third-order valence-electron chi connectivity index (χ3n) is 4.47. The first kappa shape index (κ1) is 19.4. The zero-order valence-electron chi connectivity index (χ0n) is 16.0. The molecule has 1 atom stereocenters. The van der Waals surface area contributed by atoms with Crippen molar-refractivity contribution in [2.24, 2.45) is 0 Å². The lowest BCUT2D eigenvalue weighted by Crippen LogP contribution is -2.41. The molecule has 0 saturated heterocycles. The van der Waals surface area contributed by atoms with Crippen LogP contribution < -0.4 is 14.8 Å². The summed E-state index contributed by atoms with van der Waals surface area (Å²) in [7, 11) is 1.63. The number of benzene rings is 2. The maximum atomic E-state index is 13.0. The van der Waals surface area contributed by atoms with Crippen molar-refractivity contribution in [2.75, 3.05) is 12.9 Å². The molecule has 2 aromatic rings. The molecule has 142 valence electrons. The van der Waals surface area contributed by atoms with Gasteiger partial charge in [0.05, 0.1) is 18.7 Å². The smallest absolute Gasteiger partial charge is 0.252 e. The second kappa shape index (κ2) is 8.09. The summed E-state index contributed by atoms with van der Waals surface area (Å²) in [6.07, 6.45) is 2.53. The van der Waals surface area contributed by atoms with E-state index in [1.165, 1.54) is 0 Å². The van der Waals surface area contributed by atoms with Crippen LogP contribution in [-0.4, -0.2) is 24.4 Å². The van der Waals surface area contributed by atoms with Gasteiger partial charge in [0, 0.05) is 28.7 Å². The molecule has 1 heterocycles. The quantitative estimate of drug-likeness (QED) is 0.563. The lowest BCUT2D eigenvalue weighted by Gasteiger charge is -2.38. The van der Waals surface area contributed by atoms with Crippen LogP contribution in [-0.2, 0) is 0 Å². The Morgan fingerprint density at radius 1 is 1.37 bits per heavy atom. The highest BCUT2D eigenvalue weighted by atomic mass is 32.2. The topological polar surface area (TPSA) is 47.6 Å². The maximum absolute atomic E-state index is 13.0. The van der Waals surface area contributed by atoms with Gasteiger partial charge in [-0.1, -0.05) is 18.2 Å². The summed E-state index contributed by atoms with van der Waals surface area (Å²) < 4.78 is 11.4. The fourth-order valence-electron chi connectivity index (χ4n) is 3.25. The van der Waals surface area contributed by atoms with Gasteiger partial charge in [-0.2, -0.15) is 0 Å². The van der Waals surface area contributed by atoms with Gasteiger partial charge in [-0.15, -0.1) is 18.3 Å². The molecule has 0 aliphatic carbocycles. The summed E-state index contributed by atoms with van der Waals surface area (Å²) >= 11 is 1.61. The van der Waals surface area contributed by atoms with E-state index in [1.807, 2.05) is 62.4 Å². The Hall–Kier alpha value is -2.40. The number of rotatable bonds is 6. The molecule has 4 nitrogen and oxygen atoms in total. The molecule has 2 aromatic carbocycles. The molecule has 5 heteroatoms. The number of thioether (sulfide) groups is 1. The summed E-state index contributed by atoms with van der Waals surface area (Å²) in [6, 6.07) is 13.3. The van der Waals surface area contributed by atoms with E-state index in [2.05, 4.69) is 11.9 Å². The van der Waals surface area contributed by atoms with E-state index in [4.69, 9.17) is 9.47 Å². The molecule has 27 heavy (non-hydrogen) atoms. The summed E-state index contributed by atoms with van der Waals surface area (Å²) in [5.41, 5.74) is 1.28. The highest BCUT2D eigenvalue weighted by Crippen LogP contribution is 2.41. The summed E-state index contributed by atoms with van der Waals surface area (Å²) in [5, 5.41) is 3.20. The van der Waals surface area contributed by atoms with Gasteiger partial charge >= 0.3 is 0 Å². The van der Waals surface area contributed by atoms with Crippen LogP contribution in [0.15, 0.2) is 60.0 Å². The first-order valence-electron chi connectivity index (χ1n) is 8.94. The van der Waals surface area contributed by atoms with E-state index < -0.39 is 0 Å². The second-order valence-corrected chi connectivity index (χ2v) is 8.15. The van der Waals surface area contributed by atoms with Crippen LogP contribution in [0.3, 0.4) is 0 Å². The molecule has 0 bridgehead atoms. The lowest BCUT2D eigenvalue weighted by molar-refractivity contribution is 0.0616. The molecule has 0 unspecified atom stereocenters. The third-order valence-corrected chi connectivity index (χ3v) is 5.54. The Balaban J connectivity index is 1.87. The van der Waals surface area contributed by atoms with Crippen molar-refractivity contribution in [2.45, 2.75) is 36.8 Å². The van der Waals surface area contributed by atoms with Crippen LogP contribution in [0, 0.1) is 0 Å². The van der Waals surface area contributed by atoms with Gasteiger partial charge < -0.3 is 14.8 Å². The standard InChI is InChI=1S/C22H25NO3S/c1-5-12-27-20-9-7-6-8-17(20)21(24)23-18-14-22(2,3)26-19-13-15(25-4)10-11-16(18)19/h5-11,13,18H,1,12,14H2,2-4H3,(H,23,24)/t18-/m0/s1. The number of methoxy groups -OCH3 is 1. The summed E-state index contributed by atoms with van der Waals surface area (Å²) in [6.45, 7) is 7.81. The highest BCUT2D eigenvalue weighted by molar-refractivity contribution is 7.99. The molecule has 1 aliphatic heterocycles. The van der Waals surface area contributed by atoms with Crippen LogP contribution in [0.2, 0.25) is 0 Å². The molecule has 3 rings (SSSR count). The van der Waals surface area contributed by atoms with E-state index in [0.717, 1.165) is 27.7 Å². The monoisotopic (exact) mass is 383 g/mol. The van der Waals surface area contributed by atoms with Gasteiger partial charge in [0.15, 0.2) is 0 Å². The summed E-state index contributed by atoms with van der Waals surface area (Å²) in [4.78, 5) is 14.0. The average Bonchev–Trinajstić information content (AvgIpc) is 2.65. The van der Waals surface area contributed by atoms with Crippen molar-refractivity contribution in [1.82, 2.24) is 5.32 Å². The van der Waals surface area contributed by atoms with Crippen molar-refractivity contribution in [3.8, 4) is 11.5 Å². The summed E-state index contributed by atoms with van der Waals surface area (Å²) in [5.74, 6) is 2.18. The highest BCUT2D eigenvalue weighted by Gasteiger charge is 2.35. The Bertz CT molecular complexity index is 847. The number of fused-ring (bicyclic) bond motifs is 1. The van der Waals surface area contributed by atoms with Crippen molar-refractivity contribution in [3.63, 3.8) is 0 Å². The van der Waals surface area contributed by atoms with Crippen molar-refractivity contribution < 1.29 is 14.3 Å². The maximum Gasteiger partial charge on any atom is 0.252 e. The molecule has 1 amide bonds. The number of nitrogens with one attached hydrogen (secondary N) is 1. The number of hydrogen-bond acceptors (Lipinski definition) is 4. The Morgan fingerprint density at radius 3 is 2.89 bits per heavy atom. The normalized spacial score (nSPS) is 17.4. The number of amides is 1. The first-order valence-corrected chi connectivity index (χ1v) is 9.92.